The zero-order valence-corrected chi connectivity index (χ0v) is 17.9. The Morgan fingerprint density at radius 1 is 1.14 bits per heavy atom. The van der Waals surface area contributed by atoms with Crippen LogP contribution in [-0.4, -0.2) is 63.5 Å². The van der Waals surface area contributed by atoms with Gasteiger partial charge >= 0.3 is 0 Å². The number of nitrogens with zero attached hydrogens (tertiary/aromatic N) is 6. The number of anilines is 1. The summed E-state index contributed by atoms with van der Waals surface area (Å²) < 4.78 is 17.5. The molecule has 0 radical (unpaired) electrons. The van der Waals surface area contributed by atoms with Crippen LogP contribution in [0.15, 0.2) is 45.4 Å². The van der Waals surface area contributed by atoms with E-state index in [9.17, 15) is 4.21 Å². The van der Waals surface area contributed by atoms with Crippen molar-refractivity contribution in [3.63, 3.8) is 0 Å². The van der Waals surface area contributed by atoms with E-state index in [1.165, 1.54) is 10.3 Å². The molecule has 4 rings (SSSR count). The third-order valence-corrected chi connectivity index (χ3v) is 7.97. The average Bonchev–Trinajstić information content (AvgIpc) is 3.21. The van der Waals surface area contributed by atoms with Crippen molar-refractivity contribution in [3.05, 3.63) is 41.7 Å². The normalized spacial score (nSPS) is 18.8. The van der Waals surface area contributed by atoms with Crippen LogP contribution in [0.5, 0.6) is 0 Å². The van der Waals surface area contributed by atoms with E-state index < -0.39 is 9.73 Å². The van der Waals surface area contributed by atoms with E-state index in [1.54, 1.807) is 37.0 Å². The van der Waals surface area contributed by atoms with Crippen molar-refractivity contribution >= 4 is 37.2 Å². The maximum atomic E-state index is 12.3. The van der Waals surface area contributed by atoms with E-state index in [4.69, 9.17) is 0 Å². The third kappa shape index (κ3) is 3.74. The lowest BCUT2D eigenvalue weighted by Gasteiger charge is -2.38. The molecule has 1 unspecified atom stereocenters. The number of aromatic nitrogens is 3. The minimum atomic E-state index is -2.39. The van der Waals surface area contributed by atoms with E-state index in [2.05, 4.69) is 54.2 Å². The SMILES string of the molecule is CN=S(C)(=O)c1cnc(N2CCN([C@H](C)c3ccc4scnc4c3)CC2)nc1. The fraction of sp³-hybridized carbons (Fsp3) is 0.421. The highest BCUT2D eigenvalue weighted by Crippen LogP contribution is 2.27. The van der Waals surface area contributed by atoms with Gasteiger partial charge in [-0.15, -0.1) is 11.3 Å². The molecule has 148 valence electrons. The lowest BCUT2D eigenvalue weighted by molar-refractivity contribution is 0.198. The van der Waals surface area contributed by atoms with Crippen LogP contribution in [0, 0.1) is 0 Å². The zero-order valence-electron chi connectivity index (χ0n) is 16.3. The summed E-state index contributed by atoms with van der Waals surface area (Å²) in [7, 11) is -0.831. The van der Waals surface area contributed by atoms with Gasteiger partial charge in [0.1, 0.15) is 0 Å². The van der Waals surface area contributed by atoms with Crippen molar-refractivity contribution in [2.24, 2.45) is 4.36 Å². The minimum Gasteiger partial charge on any atom is -0.338 e. The van der Waals surface area contributed by atoms with Gasteiger partial charge in [-0.2, -0.15) is 0 Å². The van der Waals surface area contributed by atoms with Gasteiger partial charge in [-0.05, 0) is 24.6 Å². The molecule has 1 aliphatic heterocycles. The van der Waals surface area contributed by atoms with Gasteiger partial charge < -0.3 is 4.90 Å². The van der Waals surface area contributed by atoms with Crippen LogP contribution < -0.4 is 4.90 Å². The highest BCUT2D eigenvalue weighted by atomic mass is 32.2. The van der Waals surface area contributed by atoms with E-state index in [1.807, 2.05) is 5.51 Å². The topological polar surface area (TPSA) is 74.6 Å². The second-order valence-corrected chi connectivity index (χ2v) is 10.3. The van der Waals surface area contributed by atoms with E-state index >= 15 is 0 Å². The quantitative estimate of drug-likeness (QED) is 0.651. The van der Waals surface area contributed by atoms with Crippen molar-refractivity contribution in [1.29, 1.82) is 0 Å². The fourth-order valence-corrected chi connectivity index (χ4v) is 4.79. The molecular formula is C19H24N6OS2. The van der Waals surface area contributed by atoms with Gasteiger partial charge in [0.25, 0.3) is 0 Å². The van der Waals surface area contributed by atoms with Crippen LogP contribution in [0.25, 0.3) is 10.2 Å². The van der Waals surface area contributed by atoms with E-state index in [0.717, 1.165) is 31.7 Å². The molecule has 28 heavy (non-hydrogen) atoms. The second kappa shape index (κ2) is 7.73. The fourth-order valence-electron chi connectivity index (χ4n) is 3.43. The highest BCUT2D eigenvalue weighted by Gasteiger charge is 2.24. The number of fused-ring (bicyclic) bond motifs is 1. The zero-order chi connectivity index (χ0) is 19.7. The molecule has 0 aliphatic carbocycles. The molecular weight excluding hydrogens is 392 g/mol. The summed E-state index contributed by atoms with van der Waals surface area (Å²) in [6.45, 7) is 5.86. The van der Waals surface area contributed by atoms with Crippen molar-refractivity contribution < 1.29 is 4.21 Å². The van der Waals surface area contributed by atoms with Crippen LogP contribution >= 0.6 is 11.3 Å². The molecule has 1 saturated heterocycles. The van der Waals surface area contributed by atoms with Gasteiger partial charge in [-0.25, -0.2) is 23.5 Å². The summed E-state index contributed by atoms with van der Waals surface area (Å²) in [6, 6.07) is 6.91. The summed E-state index contributed by atoms with van der Waals surface area (Å²) in [4.78, 5) is 18.5. The van der Waals surface area contributed by atoms with Gasteiger partial charge in [0.05, 0.1) is 30.4 Å². The van der Waals surface area contributed by atoms with E-state index in [0.29, 0.717) is 16.9 Å². The molecule has 2 aromatic heterocycles. The van der Waals surface area contributed by atoms with Gasteiger partial charge in [0.15, 0.2) is 0 Å². The maximum absolute atomic E-state index is 12.3. The third-order valence-electron chi connectivity index (χ3n) is 5.38. The Balaban J connectivity index is 1.42. The molecule has 1 aliphatic rings. The number of piperazine rings is 1. The van der Waals surface area contributed by atoms with Crippen LogP contribution in [0.3, 0.4) is 0 Å². The maximum Gasteiger partial charge on any atom is 0.225 e. The molecule has 0 bridgehead atoms. The van der Waals surface area contributed by atoms with Crippen molar-refractivity contribution in [3.8, 4) is 0 Å². The van der Waals surface area contributed by atoms with Gasteiger partial charge in [-0.3, -0.25) is 4.90 Å². The van der Waals surface area contributed by atoms with Crippen molar-refractivity contribution in [2.75, 3.05) is 44.4 Å². The Morgan fingerprint density at radius 3 is 2.54 bits per heavy atom. The predicted octanol–water partition coefficient (Wildman–Crippen LogP) is 3.06. The highest BCUT2D eigenvalue weighted by molar-refractivity contribution is 7.93. The molecule has 0 saturated carbocycles. The molecule has 3 aromatic rings. The van der Waals surface area contributed by atoms with Crippen molar-refractivity contribution in [1.82, 2.24) is 19.9 Å². The van der Waals surface area contributed by atoms with Crippen LogP contribution in [-0.2, 0) is 9.73 Å². The van der Waals surface area contributed by atoms with Crippen molar-refractivity contribution in [2.45, 2.75) is 17.9 Å². The summed E-state index contributed by atoms with van der Waals surface area (Å²) in [5, 5.41) is 0. The van der Waals surface area contributed by atoms with Crippen LogP contribution in [0.4, 0.5) is 5.95 Å². The molecule has 0 spiro atoms. The number of rotatable bonds is 4. The number of hydrogen-bond acceptors (Lipinski definition) is 8. The van der Waals surface area contributed by atoms with Crippen LogP contribution in [0.2, 0.25) is 0 Å². The Bertz CT molecular complexity index is 1080. The average molecular weight is 417 g/mol. The lowest BCUT2D eigenvalue weighted by Crippen LogP contribution is -2.47. The lowest BCUT2D eigenvalue weighted by atomic mass is 10.1. The summed E-state index contributed by atoms with van der Waals surface area (Å²) >= 11 is 1.68. The molecule has 1 fully saturated rings. The smallest absolute Gasteiger partial charge is 0.225 e. The predicted molar refractivity (Wildman–Crippen MR) is 115 cm³/mol. The molecule has 7 nitrogen and oxygen atoms in total. The summed E-state index contributed by atoms with van der Waals surface area (Å²) in [5.41, 5.74) is 4.27. The Labute approximate surface area is 169 Å². The molecule has 0 amide bonds. The first kappa shape index (κ1) is 19.2. The van der Waals surface area contributed by atoms with Gasteiger partial charge in [0.2, 0.25) is 5.95 Å². The first-order valence-electron chi connectivity index (χ1n) is 9.22. The molecule has 9 heteroatoms. The van der Waals surface area contributed by atoms with Crippen LogP contribution in [0.1, 0.15) is 18.5 Å². The first-order chi connectivity index (χ1) is 13.5. The second-order valence-electron chi connectivity index (χ2n) is 6.98. The molecule has 2 atom stereocenters. The largest absolute Gasteiger partial charge is 0.338 e. The standard InChI is InChI=1S/C19H24N6OS2/c1-14(15-4-5-18-17(10-15)23-13-27-18)24-6-8-25(9-7-24)19-21-11-16(12-22-19)28(3,26)20-2/h4-5,10-14H,6-9H2,1-3H3/t14-,28?/m1/s1. The monoisotopic (exact) mass is 416 g/mol. The number of benzene rings is 1. The Morgan fingerprint density at radius 2 is 1.86 bits per heavy atom. The molecule has 1 aromatic carbocycles. The first-order valence-corrected chi connectivity index (χ1v) is 12.0. The van der Waals surface area contributed by atoms with Gasteiger partial charge in [0, 0.05) is 57.9 Å². The minimum absolute atomic E-state index is 0.340. The van der Waals surface area contributed by atoms with E-state index in [-0.39, 0.29) is 0 Å². The number of thiazole rings is 1. The number of hydrogen-bond donors (Lipinski definition) is 0. The molecule has 3 heterocycles. The Kier molecular flexibility index (Phi) is 5.31. The summed E-state index contributed by atoms with van der Waals surface area (Å²) in [6.07, 6.45) is 4.87. The Hall–Kier alpha value is -2.10. The molecule has 0 N–H and O–H groups in total. The summed E-state index contributed by atoms with van der Waals surface area (Å²) in [5.74, 6) is 0.686. The van der Waals surface area contributed by atoms with Gasteiger partial charge in [-0.1, -0.05) is 6.07 Å².